The molecular weight excluding hydrogens is 166 g/mol. The van der Waals surface area contributed by atoms with Crippen LogP contribution in [0.3, 0.4) is 0 Å². The first kappa shape index (κ1) is 9.85. The van der Waals surface area contributed by atoms with Crippen molar-refractivity contribution in [2.45, 2.75) is 30.6 Å². The lowest BCUT2D eigenvalue weighted by Gasteiger charge is -2.19. The second kappa shape index (κ2) is 3.65. The van der Waals surface area contributed by atoms with Gasteiger partial charge in [0.2, 0.25) is 0 Å². The largest absolute Gasteiger partial charge is 0.394 e. The maximum atomic E-state index is 9.09. The Morgan fingerprint density at radius 1 is 1.42 bits per heavy atom. The third-order valence-electron chi connectivity index (χ3n) is 1.93. The first-order valence-electron chi connectivity index (χ1n) is 3.64. The first-order chi connectivity index (χ1) is 5.57. The summed E-state index contributed by atoms with van der Waals surface area (Å²) in [6.07, 6.45) is -4.69. The van der Waals surface area contributed by atoms with Crippen LogP contribution in [0.15, 0.2) is 0 Å². The molecule has 0 aromatic heterocycles. The molecule has 1 saturated heterocycles. The fourth-order valence-corrected chi connectivity index (χ4v) is 1.17. The van der Waals surface area contributed by atoms with Crippen molar-refractivity contribution in [2.75, 3.05) is 6.61 Å². The summed E-state index contributed by atoms with van der Waals surface area (Å²) < 4.78 is 4.71. The molecular formula is C6H13NO5. The lowest BCUT2D eigenvalue weighted by atomic mass is 10.0. The molecule has 0 amide bonds. The Bertz CT molecular complexity index is 155. The standard InChI is InChI=1S/C6H13NO5/c7-3-4(10)6(11)12-5(3)2(9)1-8/h2-6,8-11H,1,7H2/t2-,3-,4-,5-,6?/m1/s1. The first-order valence-corrected chi connectivity index (χ1v) is 3.64. The summed E-state index contributed by atoms with van der Waals surface area (Å²) in [6, 6.07) is -0.873. The second-order valence-corrected chi connectivity index (χ2v) is 2.81. The zero-order valence-electron chi connectivity index (χ0n) is 6.37. The van der Waals surface area contributed by atoms with Crippen molar-refractivity contribution in [2.24, 2.45) is 5.73 Å². The normalized spacial score (nSPS) is 44.8. The number of ether oxygens (including phenoxy) is 1. The molecule has 72 valence electrons. The van der Waals surface area contributed by atoms with Gasteiger partial charge >= 0.3 is 0 Å². The molecule has 6 N–H and O–H groups in total. The van der Waals surface area contributed by atoms with Crippen LogP contribution in [-0.4, -0.2) is 57.7 Å². The number of hydrogen-bond acceptors (Lipinski definition) is 6. The highest BCUT2D eigenvalue weighted by atomic mass is 16.6. The summed E-state index contributed by atoms with van der Waals surface area (Å²) in [5, 5.41) is 35.6. The topological polar surface area (TPSA) is 116 Å². The third kappa shape index (κ3) is 1.58. The van der Waals surface area contributed by atoms with Crippen LogP contribution < -0.4 is 5.73 Å². The number of aliphatic hydroxyl groups excluding tert-OH is 4. The zero-order chi connectivity index (χ0) is 9.30. The summed E-state index contributed by atoms with van der Waals surface area (Å²) in [7, 11) is 0. The van der Waals surface area contributed by atoms with Gasteiger partial charge in [0.05, 0.1) is 12.6 Å². The van der Waals surface area contributed by atoms with Crippen LogP contribution in [0.4, 0.5) is 0 Å². The highest BCUT2D eigenvalue weighted by molar-refractivity contribution is 4.92. The van der Waals surface area contributed by atoms with E-state index in [0.29, 0.717) is 0 Å². The minimum Gasteiger partial charge on any atom is -0.394 e. The minimum atomic E-state index is -1.38. The highest BCUT2D eigenvalue weighted by Gasteiger charge is 2.43. The Hall–Kier alpha value is -0.240. The van der Waals surface area contributed by atoms with E-state index in [9.17, 15) is 0 Å². The van der Waals surface area contributed by atoms with Crippen LogP contribution in [0.25, 0.3) is 0 Å². The molecule has 1 rings (SSSR count). The molecule has 6 nitrogen and oxygen atoms in total. The quantitative estimate of drug-likeness (QED) is 0.304. The Labute approximate surface area is 69.2 Å². The average Bonchev–Trinajstić information content (AvgIpc) is 2.32. The maximum Gasteiger partial charge on any atom is 0.182 e. The number of aliphatic hydroxyl groups is 4. The van der Waals surface area contributed by atoms with E-state index < -0.39 is 37.3 Å². The van der Waals surface area contributed by atoms with Crippen molar-refractivity contribution in [1.29, 1.82) is 0 Å². The molecule has 0 radical (unpaired) electrons. The molecule has 0 aromatic carbocycles. The molecule has 12 heavy (non-hydrogen) atoms. The van der Waals surface area contributed by atoms with E-state index in [1.807, 2.05) is 0 Å². The van der Waals surface area contributed by atoms with Crippen molar-refractivity contribution in [1.82, 2.24) is 0 Å². The summed E-state index contributed by atoms with van der Waals surface area (Å²) in [5.41, 5.74) is 5.38. The predicted molar refractivity (Wildman–Crippen MR) is 38.0 cm³/mol. The van der Waals surface area contributed by atoms with E-state index in [1.165, 1.54) is 0 Å². The van der Waals surface area contributed by atoms with Gasteiger partial charge in [-0.25, -0.2) is 0 Å². The molecule has 0 aromatic rings. The van der Waals surface area contributed by atoms with Gasteiger partial charge in [-0.05, 0) is 0 Å². The molecule has 0 saturated carbocycles. The van der Waals surface area contributed by atoms with Crippen LogP contribution in [-0.2, 0) is 4.74 Å². The number of hydrogen-bond donors (Lipinski definition) is 5. The molecule has 1 aliphatic rings. The van der Waals surface area contributed by atoms with Crippen LogP contribution in [0, 0.1) is 0 Å². The highest BCUT2D eigenvalue weighted by Crippen LogP contribution is 2.20. The fourth-order valence-electron chi connectivity index (χ4n) is 1.17. The Balaban J connectivity index is 2.58. The third-order valence-corrected chi connectivity index (χ3v) is 1.93. The molecule has 1 fully saturated rings. The van der Waals surface area contributed by atoms with Gasteiger partial charge in [-0.1, -0.05) is 0 Å². The zero-order valence-corrected chi connectivity index (χ0v) is 6.37. The van der Waals surface area contributed by atoms with E-state index in [4.69, 9.17) is 30.9 Å². The van der Waals surface area contributed by atoms with Crippen molar-refractivity contribution in [3.8, 4) is 0 Å². The van der Waals surface area contributed by atoms with Gasteiger partial charge in [-0.3, -0.25) is 0 Å². The van der Waals surface area contributed by atoms with Crippen molar-refractivity contribution in [3.05, 3.63) is 0 Å². The molecule has 0 bridgehead atoms. The van der Waals surface area contributed by atoms with Crippen molar-refractivity contribution in [3.63, 3.8) is 0 Å². The lowest BCUT2D eigenvalue weighted by Crippen LogP contribution is -2.46. The van der Waals surface area contributed by atoms with Gasteiger partial charge in [-0.15, -0.1) is 0 Å². The molecule has 6 heteroatoms. The van der Waals surface area contributed by atoms with Crippen LogP contribution >= 0.6 is 0 Å². The monoisotopic (exact) mass is 179 g/mol. The fraction of sp³-hybridized carbons (Fsp3) is 1.00. The van der Waals surface area contributed by atoms with Gasteiger partial charge in [-0.2, -0.15) is 0 Å². The van der Waals surface area contributed by atoms with Crippen LogP contribution in [0.2, 0.25) is 0 Å². The van der Waals surface area contributed by atoms with Crippen molar-refractivity contribution >= 4 is 0 Å². The smallest absolute Gasteiger partial charge is 0.182 e. The van der Waals surface area contributed by atoms with Gasteiger partial charge in [0.25, 0.3) is 0 Å². The minimum absolute atomic E-state index is 0.516. The summed E-state index contributed by atoms with van der Waals surface area (Å²) in [4.78, 5) is 0. The maximum absolute atomic E-state index is 9.09. The average molecular weight is 179 g/mol. The Morgan fingerprint density at radius 3 is 2.33 bits per heavy atom. The summed E-state index contributed by atoms with van der Waals surface area (Å²) in [6.45, 7) is -0.516. The van der Waals surface area contributed by atoms with Crippen LogP contribution in [0.5, 0.6) is 0 Å². The van der Waals surface area contributed by atoms with Gasteiger partial charge in [0.1, 0.15) is 18.3 Å². The summed E-state index contributed by atoms with van der Waals surface area (Å²) in [5.74, 6) is 0. The van der Waals surface area contributed by atoms with Gasteiger partial charge in [0.15, 0.2) is 6.29 Å². The van der Waals surface area contributed by atoms with E-state index in [2.05, 4.69) is 0 Å². The van der Waals surface area contributed by atoms with E-state index in [-0.39, 0.29) is 0 Å². The number of nitrogens with two attached hydrogens (primary N) is 1. The number of rotatable bonds is 2. The Morgan fingerprint density at radius 2 is 2.00 bits per heavy atom. The molecule has 1 unspecified atom stereocenters. The Kier molecular flexibility index (Phi) is 2.99. The second-order valence-electron chi connectivity index (χ2n) is 2.81. The van der Waals surface area contributed by atoms with E-state index in [1.54, 1.807) is 0 Å². The van der Waals surface area contributed by atoms with Crippen LogP contribution in [0.1, 0.15) is 0 Å². The predicted octanol–water partition coefficient (Wildman–Crippen LogP) is -3.25. The van der Waals surface area contributed by atoms with Crippen molar-refractivity contribution < 1.29 is 25.2 Å². The van der Waals surface area contributed by atoms with E-state index in [0.717, 1.165) is 0 Å². The summed E-state index contributed by atoms with van der Waals surface area (Å²) >= 11 is 0. The molecule has 1 aliphatic heterocycles. The molecule has 0 aliphatic carbocycles. The van der Waals surface area contributed by atoms with Gasteiger partial charge in [0, 0.05) is 0 Å². The SMILES string of the molecule is N[C@H]1[C@@H]([C@H](O)CO)OC(O)[C@@H]1O. The van der Waals surface area contributed by atoms with E-state index >= 15 is 0 Å². The molecule has 1 heterocycles. The lowest BCUT2D eigenvalue weighted by molar-refractivity contribution is -0.149. The molecule has 0 spiro atoms. The van der Waals surface area contributed by atoms with Gasteiger partial charge < -0.3 is 30.9 Å². The molecule has 5 atom stereocenters.